The van der Waals surface area contributed by atoms with Crippen LogP contribution in [0.3, 0.4) is 0 Å². The van der Waals surface area contributed by atoms with E-state index in [9.17, 15) is 22.7 Å². The van der Waals surface area contributed by atoms with Gasteiger partial charge in [-0.2, -0.15) is 18.3 Å². The lowest BCUT2D eigenvalue weighted by Crippen LogP contribution is -2.45. The number of hydrogen-bond donors (Lipinski definition) is 3. The highest BCUT2D eigenvalue weighted by Crippen LogP contribution is 2.39. The normalized spacial score (nSPS) is 18.4. The van der Waals surface area contributed by atoms with Crippen LogP contribution < -0.4 is 10.7 Å². The standard InChI is InChI=1S/C30H29F4N5O2/c1-17-37-38-27(39(17)2)23-14-21(31)7-8-22(23)19-5-3-6-20(13-19)28-36-25-12-18(15-35-16-29(40)9-4-10-29)11-24(26(25)41-28)30(32,33)34/h3,5-8,11-14,17,35,37,40H,4,9-10,15-16H2,1-2H3. The topological polar surface area (TPSA) is 85.9 Å². The highest BCUT2D eigenvalue weighted by Gasteiger charge is 2.36. The van der Waals surface area contributed by atoms with Gasteiger partial charge >= 0.3 is 6.18 Å². The second-order valence-corrected chi connectivity index (χ2v) is 10.8. The zero-order valence-corrected chi connectivity index (χ0v) is 22.5. The number of nitrogens with one attached hydrogen (secondary N) is 2. The van der Waals surface area contributed by atoms with E-state index in [1.807, 2.05) is 24.9 Å². The molecule has 0 spiro atoms. The number of aromatic nitrogens is 1. The quantitative estimate of drug-likeness (QED) is 0.243. The van der Waals surface area contributed by atoms with Crippen molar-refractivity contribution in [2.75, 3.05) is 13.6 Å². The fourth-order valence-electron chi connectivity index (χ4n) is 5.25. The predicted octanol–water partition coefficient (Wildman–Crippen LogP) is 5.87. The summed E-state index contributed by atoms with van der Waals surface area (Å²) in [6, 6.07) is 14.1. The van der Waals surface area contributed by atoms with E-state index in [-0.39, 0.29) is 29.7 Å². The van der Waals surface area contributed by atoms with Gasteiger partial charge in [0, 0.05) is 31.3 Å². The van der Waals surface area contributed by atoms with Crippen LogP contribution >= 0.6 is 0 Å². The van der Waals surface area contributed by atoms with Crippen molar-refractivity contribution in [1.82, 2.24) is 20.6 Å². The second-order valence-electron chi connectivity index (χ2n) is 10.8. The Morgan fingerprint density at radius 1 is 1.10 bits per heavy atom. The van der Waals surface area contributed by atoms with Crippen LogP contribution in [0.2, 0.25) is 0 Å². The minimum absolute atomic E-state index is 0.0375. The van der Waals surface area contributed by atoms with Crippen molar-refractivity contribution in [1.29, 1.82) is 0 Å². The Morgan fingerprint density at radius 3 is 2.56 bits per heavy atom. The maximum Gasteiger partial charge on any atom is 0.420 e. The Morgan fingerprint density at radius 2 is 1.88 bits per heavy atom. The molecule has 11 heteroatoms. The number of benzene rings is 3. The summed E-state index contributed by atoms with van der Waals surface area (Å²) in [4.78, 5) is 6.32. The van der Waals surface area contributed by atoms with Crippen molar-refractivity contribution >= 4 is 16.9 Å². The summed E-state index contributed by atoms with van der Waals surface area (Å²) in [5.74, 6) is 0.191. The van der Waals surface area contributed by atoms with Crippen LogP contribution in [0.5, 0.6) is 0 Å². The van der Waals surface area contributed by atoms with E-state index < -0.39 is 23.2 Å². The van der Waals surface area contributed by atoms with Gasteiger partial charge in [-0.3, -0.25) is 5.43 Å². The number of hydrazone groups is 1. The van der Waals surface area contributed by atoms with Crippen molar-refractivity contribution in [3.8, 4) is 22.6 Å². The summed E-state index contributed by atoms with van der Waals surface area (Å²) in [6.45, 7) is 2.39. The minimum atomic E-state index is -4.65. The van der Waals surface area contributed by atoms with Crippen LogP contribution in [0.1, 0.15) is 42.9 Å². The van der Waals surface area contributed by atoms with Crippen molar-refractivity contribution in [3.05, 3.63) is 77.1 Å². The van der Waals surface area contributed by atoms with Crippen molar-refractivity contribution < 1.29 is 27.1 Å². The highest BCUT2D eigenvalue weighted by atomic mass is 19.4. The largest absolute Gasteiger partial charge is 0.435 e. The lowest BCUT2D eigenvalue weighted by molar-refractivity contribution is -0.136. The van der Waals surface area contributed by atoms with Crippen LogP contribution in [-0.4, -0.2) is 46.2 Å². The summed E-state index contributed by atoms with van der Waals surface area (Å²) in [7, 11) is 1.85. The summed E-state index contributed by atoms with van der Waals surface area (Å²) in [6.07, 6.45) is -2.42. The van der Waals surface area contributed by atoms with Gasteiger partial charge in [-0.25, -0.2) is 9.37 Å². The van der Waals surface area contributed by atoms with Gasteiger partial charge in [-0.1, -0.05) is 18.2 Å². The molecular weight excluding hydrogens is 538 g/mol. The lowest BCUT2D eigenvalue weighted by atomic mass is 9.80. The minimum Gasteiger partial charge on any atom is -0.435 e. The molecule has 1 atom stereocenters. The van der Waals surface area contributed by atoms with Crippen LogP contribution in [0.4, 0.5) is 17.6 Å². The summed E-state index contributed by atoms with van der Waals surface area (Å²) in [5, 5.41) is 17.7. The highest BCUT2D eigenvalue weighted by molar-refractivity contribution is 6.05. The van der Waals surface area contributed by atoms with Crippen molar-refractivity contribution in [2.24, 2.45) is 5.10 Å². The molecule has 4 aromatic rings. The molecular formula is C30H29F4N5O2. The van der Waals surface area contributed by atoms with Crippen LogP contribution in [0, 0.1) is 5.82 Å². The molecule has 0 bridgehead atoms. The Bertz CT molecular complexity index is 1640. The van der Waals surface area contributed by atoms with Crippen LogP contribution in [0.15, 0.2) is 64.1 Å². The molecule has 1 aliphatic heterocycles. The Labute approximate surface area is 233 Å². The molecule has 0 radical (unpaired) electrons. The van der Waals surface area contributed by atoms with E-state index in [2.05, 4.69) is 20.8 Å². The first-order chi connectivity index (χ1) is 19.5. The van der Waals surface area contributed by atoms with Crippen LogP contribution in [0.25, 0.3) is 33.7 Å². The fourth-order valence-corrected chi connectivity index (χ4v) is 5.25. The van der Waals surface area contributed by atoms with Gasteiger partial charge in [0.25, 0.3) is 0 Å². The molecule has 2 heterocycles. The van der Waals surface area contributed by atoms with E-state index >= 15 is 0 Å². The summed E-state index contributed by atoms with van der Waals surface area (Å²) in [5.41, 5.74) is 3.85. The van der Waals surface area contributed by atoms with Gasteiger partial charge < -0.3 is 19.7 Å². The number of amidine groups is 1. The van der Waals surface area contributed by atoms with E-state index in [4.69, 9.17) is 4.42 Å². The smallest absolute Gasteiger partial charge is 0.420 e. The molecule has 1 aliphatic carbocycles. The van der Waals surface area contributed by atoms with Gasteiger partial charge in [0.05, 0.1) is 5.60 Å². The SMILES string of the molecule is CC1NN=C(c2cc(F)ccc2-c2cccc(-c3nc4cc(CNCC5(O)CCC5)cc(C(F)(F)F)c4o3)c2)N1C. The molecule has 3 aromatic carbocycles. The molecule has 41 heavy (non-hydrogen) atoms. The first-order valence-corrected chi connectivity index (χ1v) is 13.4. The van der Waals surface area contributed by atoms with Gasteiger partial charge in [-0.15, -0.1) is 0 Å². The zero-order valence-electron chi connectivity index (χ0n) is 22.5. The van der Waals surface area contributed by atoms with Crippen molar-refractivity contribution in [2.45, 2.75) is 50.7 Å². The molecule has 1 fully saturated rings. The maximum atomic E-state index is 14.3. The summed E-state index contributed by atoms with van der Waals surface area (Å²) < 4.78 is 62.2. The Hall–Kier alpha value is -3.96. The third kappa shape index (κ3) is 5.27. The molecule has 1 unspecified atom stereocenters. The van der Waals surface area contributed by atoms with E-state index in [0.29, 0.717) is 53.0 Å². The molecule has 7 nitrogen and oxygen atoms in total. The number of rotatable bonds is 7. The van der Waals surface area contributed by atoms with Gasteiger partial charge in [0.1, 0.15) is 23.1 Å². The first-order valence-electron chi connectivity index (χ1n) is 13.4. The molecule has 0 amide bonds. The average molecular weight is 568 g/mol. The number of alkyl halides is 3. The predicted molar refractivity (Wildman–Crippen MR) is 147 cm³/mol. The number of fused-ring (bicyclic) bond motifs is 1. The van der Waals surface area contributed by atoms with Gasteiger partial charge in [-0.05, 0) is 79.3 Å². The summed E-state index contributed by atoms with van der Waals surface area (Å²) >= 11 is 0. The molecule has 1 saturated carbocycles. The first kappa shape index (κ1) is 27.2. The van der Waals surface area contributed by atoms with Crippen LogP contribution in [-0.2, 0) is 12.7 Å². The lowest BCUT2D eigenvalue weighted by Gasteiger charge is -2.36. The second kappa shape index (κ2) is 10.1. The van der Waals surface area contributed by atoms with Crippen molar-refractivity contribution in [3.63, 3.8) is 0 Å². The number of hydrogen-bond acceptors (Lipinski definition) is 7. The van der Waals surface area contributed by atoms with Gasteiger partial charge in [0.2, 0.25) is 5.89 Å². The number of halogens is 4. The number of oxazole rings is 1. The molecule has 3 N–H and O–H groups in total. The van der Waals surface area contributed by atoms with Gasteiger partial charge in [0.15, 0.2) is 11.4 Å². The molecule has 0 saturated heterocycles. The molecule has 214 valence electrons. The van der Waals surface area contributed by atoms with E-state index in [1.54, 1.807) is 30.3 Å². The third-order valence-electron chi connectivity index (χ3n) is 7.84. The molecule has 6 rings (SSSR count). The number of aliphatic hydroxyl groups is 1. The zero-order chi connectivity index (χ0) is 28.9. The Balaban J connectivity index is 1.36. The molecule has 2 aliphatic rings. The molecule has 1 aromatic heterocycles. The van der Waals surface area contributed by atoms with E-state index in [0.717, 1.165) is 12.5 Å². The van der Waals surface area contributed by atoms with E-state index in [1.165, 1.54) is 12.1 Å². The fraction of sp³-hybridized carbons (Fsp3) is 0.333. The Kier molecular flexibility index (Phi) is 6.74. The third-order valence-corrected chi connectivity index (χ3v) is 7.84. The monoisotopic (exact) mass is 567 g/mol. The maximum absolute atomic E-state index is 14.3. The number of nitrogens with zero attached hydrogens (tertiary/aromatic N) is 3. The average Bonchev–Trinajstić information content (AvgIpc) is 3.49.